The quantitative estimate of drug-likeness (QED) is 0.444. The zero-order chi connectivity index (χ0) is 22.4. The Morgan fingerprint density at radius 3 is 2.52 bits per heavy atom. The summed E-state index contributed by atoms with van der Waals surface area (Å²) >= 11 is 1.41. The maximum absolute atomic E-state index is 13.2. The fourth-order valence-corrected chi connectivity index (χ4v) is 5.13. The fraction of sp³-hybridized carbons (Fsp3) is 0.542. The lowest BCUT2D eigenvalue weighted by molar-refractivity contribution is -0.131. The number of aromatic nitrogens is 2. The van der Waals surface area contributed by atoms with Crippen molar-refractivity contribution >= 4 is 17.7 Å². The van der Waals surface area contributed by atoms with Crippen LogP contribution < -0.4 is 5.56 Å². The van der Waals surface area contributed by atoms with Gasteiger partial charge in [0.05, 0.1) is 5.25 Å². The lowest BCUT2D eigenvalue weighted by atomic mass is 10.1. The predicted molar refractivity (Wildman–Crippen MR) is 123 cm³/mol. The van der Waals surface area contributed by atoms with Crippen LogP contribution in [-0.4, -0.2) is 38.7 Å². The van der Waals surface area contributed by atoms with Gasteiger partial charge in [0, 0.05) is 37.8 Å². The van der Waals surface area contributed by atoms with Crippen molar-refractivity contribution in [1.82, 2.24) is 14.5 Å². The molecule has 1 unspecified atom stereocenters. The topological polar surface area (TPSA) is 55.2 Å². The van der Waals surface area contributed by atoms with Gasteiger partial charge in [0.2, 0.25) is 5.91 Å². The molecule has 1 aromatic heterocycles. The third-order valence-corrected chi connectivity index (χ3v) is 7.15. The normalized spacial score (nSPS) is 15.2. The number of carbonyl (C=O) groups excluding carboxylic acids is 1. The van der Waals surface area contributed by atoms with E-state index in [9.17, 15) is 14.0 Å². The maximum Gasteiger partial charge on any atom is 0.257 e. The Kier molecular flexibility index (Phi) is 8.29. The van der Waals surface area contributed by atoms with E-state index in [-0.39, 0.29) is 22.5 Å². The van der Waals surface area contributed by atoms with Crippen LogP contribution in [-0.2, 0) is 18.3 Å². The molecule has 1 aliphatic rings. The number of carbonyl (C=O) groups is 1. The highest BCUT2D eigenvalue weighted by Crippen LogP contribution is 2.28. The van der Waals surface area contributed by atoms with E-state index in [1.165, 1.54) is 30.3 Å². The molecular weight excluding hydrogens is 413 g/mol. The number of hydrogen-bond donors (Lipinski definition) is 0. The van der Waals surface area contributed by atoms with Gasteiger partial charge in [0.15, 0.2) is 5.16 Å². The summed E-state index contributed by atoms with van der Waals surface area (Å²) in [5.74, 6) is -0.129. The first-order chi connectivity index (χ1) is 14.9. The van der Waals surface area contributed by atoms with E-state index in [1.54, 1.807) is 23.7 Å². The van der Waals surface area contributed by atoms with E-state index in [2.05, 4.69) is 6.92 Å². The van der Waals surface area contributed by atoms with Crippen LogP contribution in [0.4, 0.5) is 4.39 Å². The molecule has 7 heteroatoms. The molecule has 1 amide bonds. The van der Waals surface area contributed by atoms with Crippen molar-refractivity contribution in [3.63, 3.8) is 0 Å². The van der Waals surface area contributed by atoms with Crippen molar-refractivity contribution in [2.45, 2.75) is 69.2 Å². The molecule has 5 nitrogen and oxygen atoms in total. The van der Waals surface area contributed by atoms with Crippen LogP contribution in [0.2, 0.25) is 0 Å². The Morgan fingerprint density at radius 2 is 1.87 bits per heavy atom. The number of benzene rings is 1. The van der Waals surface area contributed by atoms with Gasteiger partial charge in [-0.05, 0) is 50.3 Å². The highest BCUT2D eigenvalue weighted by molar-refractivity contribution is 8.00. The second kappa shape index (κ2) is 10.9. The van der Waals surface area contributed by atoms with Gasteiger partial charge < -0.3 is 4.90 Å². The number of thioether (sulfide) groups is 1. The van der Waals surface area contributed by atoms with Crippen molar-refractivity contribution < 1.29 is 9.18 Å². The Morgan fingerprint density at radius 1 is 1.19 bits per heavy atom. The average molecular weight is 446 g/mol. The van der Waals surface area contributed by atoms with E-state index in [1.807, 2.05) is 11.8 Å². The van der Waals surface area contributed by atoms with Gasteiger partial charge in [-0.25, -0.2) is 9.37 Å². The third-order valence-electron chi connectivity index (χ3n) is 5.85. The molecule has 1 aromatic carbocycles. The molecule has 1 aliphatic heterocycles. The van der Waals surface area contributed by atoms with Gasteiger partial charge in [0.1, 0.15) is 5.82 Å². The number of nitrogens with zero attached hydrogens (tertiary/aromatic N) is 3. The van der Waals surface area contributed by atoms with Crippen molar-refractivity contribution in [2.75, 3.05) is 13.1 Å². The average Bonchev–Trinajstić information content (AvgIpc) is 2.78. The number of rotatable bonds is 8. The summed E-state index contributed by atoms with van der Waals surface area (Å²) in [5, 5.41) is 0.357. The molecule has 1 atom stereocenters. The minimum atomic E-state index is -0.297. The van der Waals surface area contributed by atoms with Crippen LogP contribution in [0.3, 0.4) is 0 Å². The summed E-state index contributed by atoms with van der Waals surface area (Å²) < 4.78 is 14.8. The Hall–Kier alpha value is -2.15. The fourth-order valence-electron chi connectivity index (χ4n) is 3.91. The minimum Gasteiger partial charge on any atom is -0.342 e. The maximum atomic E-state index is 13.2. The van der Waals surface area contributed by atoms with Gasteiger partial charge in [-0.15, -0.1) is 0 Å². The molecule has 2 heterocycles. The standard InChI is InChI=1S/C24H32FN3O2S/c1-4-5-9-21(23(30)28-14-7-6-8-15-28)31-24-26-17(2)20(22(29)27(24)3)16-18-10-12-19(25)13-11-18/h10-13,21H,4-9,14-16H2,1-3H3. The number of piperidine rings is 1. The molecule has 1 saturated heterocycles. The number of unbranched alkanes of at least 4 members (excludes halogenated alkanes) is 1. The molecule has 0 radical (unpaired) electrons. The molecule has 168 valence electrons. The van der Waals surface area contributed by atoms with Gasteiger partial charge in [-0.3, -0.25) is 14.2 Å². The first kappa shape index (κ1) is 23.5. The lowest BCUT2D eigenvalue weighted by Crippen LogP contribution is -2.41. The van der Waals surface area contributed by atoms with Crippen molar-refractivity contribution in [1.29, 1.82) is 0 Å². The van der Waals surface area contributed by atoms with Crippen LogP contribution >= 0.6 is 11.8 Å². The van der Waals surface area contributed by atoms with Gasteiger partial charge in [0.25, 0.3) is 5.56 Å². The summed E-state index contributed by atoms with van der Waals surface area (Å²) in [6.07, 6.45) is 6.47. The summed E-state index contributed by atoms with van der Waals surface area (Å²) in [6.45, 7) is 5.60. The number of aryl methyl sites for hydroxylation is 1. The molecule has 1 fully saturated rings. The summed E-state index contributed by atoms with van der Waals surface area (Å²) in [6, 6.07) is 6.18. The monoisotopic (exact) mass is 445 g/mol. The summed E-state index contributed by atoms with van der Waals surface area (Å²) in [5.41, 5.74) is 2.02. The van der Waals surface area contributed by atoms with Crippen molar-refractivity contribution in [2.24, 2.45) is 7.05 Å². The van der Waals surface area contributed by atoms with Crippen molar-refractivity contribution in [3.8, 4) is 0 Å². The second-order valence-corrected chi connectivity index (χ2v) is 9.43. The first-order valence-electron chi connectivity index (χ1n) is 11.2. The first-order valence-corrected chi connectivity index (χ1v) is 12.0. The van der Waals surface area contributed by atoms with E-state index in [4.69, 9.17) is 4.98 Å². The smallest absolute Gasteiger partial charge is 0.257 e. The highest BCUT2D eigenvalue weighted by atomic mass is 32.2. The number of hydrogen-bond acceptors (Lipinski definition) is 4. The van der Waals surface area contributed by atoms with E-state index >= 15 is 0 Å². The molecule has 2 aromatic rings. The van der Waals surface area contributed by atoms with Crippen LogP contribution in [0.1, 0.15) is 62.3 Å². The Bertz CT molecular complexity index is 953. The van der Waals surface area contributed by atoms with E-state index in [0.717, 1.165) is 50.8 Å². The molecule has 0 saturated carbocycles. The predicted octanol–water partition coefficient (Wildman–Crippen LogP) is 4.48. The zero-order valence-electron chi connectivity index (χ0n) is 18.7. The molecular formula is C24H32FN3O2S. The van der Waals surface area contributed by atoms with Crippen LogP contribution in [0.15, 0.2) is 34.2 Å². The number of likely N-dealkylation sites (tertiary alicyclic amines) is 1. The molecule has 0 spiro atoms. The SMILES string of the molecule is CCCCC(Sc1nc(C)c(Cc2ccc(F)cc2)c(=O)n1C)C(=O)N1CCCCC1. The van der Waals surface area contributed by atoms with E-state index in [0.29, 0.717) is 22.8 Å². The highest BCUT2D eigenvalue weighted by Gasteiger charge is 2.28. The molecule has 3 rings (SSSR count). The Labute approximate surface area is 188 Å². The zero-order valence-corrected chi connectivity index (χ0v) is 19.5. The summed E-state index contributed by atoms with van der Waals surface area (Å²) in [7, 11) is 1.72. The summed E-state index contributed by atoms with van der Waals surface area (Å²) in [4.78, 5) is 33.0. The minimum absolute atomic E-state index is 0.112. The third kappa shape index (κ3) is 5.97. The number of amides is 1. The van der Waals surface area contributed by atoms with Gasteiger partial charge in [-0.1, -0.05) is 43.7 Å². The van der Waals surface area contributed by atoms with E-state index < -0.39 is 0 Å². The largest absolute Gasteiger partial charge is 0.342 e. The van der Waals surface area contributed by atoms with Gasteiger partial charge in [-0.2, -0.15) is 0 Å². The molecule has 0 bridgehead atoms. The number of halogens is 1. The van der Waals surface area contributed by atoms with Crippen LogP contribution in [0.25, 0.3) is 0 Å². The van der Waals surface area contributed by atoms with Crippen LogP contribution in [0.5, 0.6) is 0 Å². The van der Waals surface area contributed by atoms with Gasteiger partial charge >= 0.3 is 0 Å². The molecule has 31 heavy (non-hydrogen) atoms. The van der Waals surface area contributed by atoms with Crippen LogP contribution in [0, 0.1) is 12.7 Å². The molecule has 0 N–H and O–H groups in total. The molecule has 0 aliphatic carbocycles. The lowest BCUT2D eigenvalue weighted by Gasteiger charge is -2.30. The van der Waals surface area contributed by atoms with Crippen molar-refractivity contribution in [3.05, 3.63) is 57.3 Å². The Balaban J connectivity index is 1.83. The second-order valence-electron chi connectivity index (χ2n) is 8.26.